The average Bonchev–Trinajstić information content (AvgIpc) is 3.25. The first-order valence-electron chi connectivity index (χ1n) is 19.4. The van der Waals surface area contributed by atoms with Crippen molar-refractivity contribution in [2.45, 2.75) is 56.0 Å². The minimum absolute atomic E-state index is 0.682. The Balaban J connectivity index is 0.000000542. The van der Waals surface area contributed by atoms with Gasteiger partial charge in [-0.2, -0.15) is 137 Å². The van der Waals surface area contributed by atoms with Gasteiger partial charge in [0.15, 0.2) is 18.8 Å². The number of benzene rings is 5. The molecule has 6 aromatic rings. The summed E-state index contributed by atoms with van der Waals surface area (Å²) in [5.41, 5.74) is -28.3. The van der Waals surface area contributed by atoms with E-state index in [4.69, 9.17) is 5.26 Å². The summed E-state index contributed by atoms with van der Waals surface area (Å²) in [5, 5.41) is 8.93. The van der Waals surface area contributed by atoms with E-state index in [2.05, 4.69) is 18.2 Å². The van der Waals surface area contributed by atoms with E-state index in [1.54, 1.807) is 0 Å². The molecular weight excluding hydrogens is 1040 g/mol. The van der Waals surface area contributed by atoms with Crippen molar-refractivity contribution in [3.05, 3.63) is 183 Å². The SMILES string of the molecule is FC(F)(F)c1cc([B-](c2cc(C(F)(F)F)cc(C(F)(F)F)c2)(c2cc(C(F)(F)F)cc(C(F)(F)F)c2)c2cc(C(F)(F)F)cc(C(F)(F)F)c2)cc(C(F)(F)F)c1.N#Cc1cccc[n+]1Cc1ccccc1. The van der Waals surface area contributed by atoms with Gasteiger partial charge in [0.1, 0.15) is 6.15 Å². The van der Waals surface area contributed by atoms with Crippen molar-refractivity contribution < 1.29 is 110 Å². The molecule has 72 heavy (non-hydrogen) atoms. The van der Waals surface area contributed by atoms with Gasteiger partial charge in [0.25, 0.3) is 5.69 Å². The average molecular weight is 1060 g/mol. The Kier molecular flexibility index (Phi) is 15.0. The van der Waals surface area contributed by atoms with Gasteiger partial charge in [-0.15, -0.1) is 0 Å². The lowest BCUT2D eigenvalue weighted by Crippen LogP contribution is -2.75. The monoisotopic (exact) mass is 1060 g/mol. The van der Waals surface area contributed by atoms with Crippen molar-refractivity contribution in [3.63, 3.8) is 0 Å². The number of hydrogen-bond acceptors (Lipinski definition) is 1. The van der Waals surface area contributed by atoms with Gasteiger partial charge in [-0.05, 0) is 30.3 Å². The fraction of sp³-hybridized carbons (Fsp3) is 0.200. The molecule has 384 valence electrons. The Morgan fingerprint density at radius 2 is 0.569 bits per heavy atom. The van der Waals surface area contributed by atoms with E-state index in [9.17, 15) is 105 Å². The number of nitriles is 1. The molecule has 0 radical (unpaired) electrons. The molecule has 0 N–H and O–H groups in total. The summed E-state index contributed by atoms with van der Waals surface area (Å²) in [6, 6.07) is 9.11. The van der Waals surface area contributed by atoms with Crippen LogP contribution < -0.4 is 26.4 Å². The quantitative estimate of drug-likeness (QED) is 0.0928. The van der Waals surface area contributed by atoms with Crippen LogP contribution in [0.25, 0.3) is 0 Å². The highest BCUT2D eigenvalue weighted by atomic mass is 19.4. The van der Waals surface area contributed by atoms with Gasteiger partial charge in [-0.1, -0.05) is 78.9 Å². The first kappa shape index (κ1) is 56.0. The van der Waals surface area contributed by atoms with Crippen molar-refractivity contribution in [3.8, 4) is 6.07 Å². The van der Waals surface area contributed by atoms with E-state index < -0.39 is 195 Å². The van der Waals surface area contributed by atoms with Gasteiger partial charge in [0.2, 0.25) is 0 Å². The lowest BCUT2D eigenvalue weighted by molar-refractivity contribution is -0.690. The minimum Gasteiger partial charge on any atom is -0.194 e. The number of alkyl halides is 24. The van der Waals surface area contributed by atoms with Crippen molar-refractivity contribution in [1.29, 1.82) is 5.26 Å². The standard InChI is InChI=1S/C32H12BF24.C13H11N2/c34-25(35,36)13-1-14(26(37,38)39)6-21(5-13)33(22-7-15(27(40,41)42)2-16(8-22)28(43,44)45,23-9-17(29(46,47)48)3-18(10-23)30(49,50)51)24-11-19(31(52,53)54)4-20(12-24)32(55,56)57;14-10-13-8-4-5-9-15(13)11-12-6-2-1-3-7-12/h1-12H;1-9H,11H2/q-1;+1. The zero-order chi connectivity index (χ0) is 54.4. The van der Waals surface area contributed by atoms with Gasteiger partial charge in [0, 0.05) is 17.7 Å². The molecule has 0 spiro atoms. The van der Waals surface area contributed by atoms with Crippen LogP contribution in [0.15, 0.2) is 128 Å². The molecule has 0 aliphatic rings. The highest BCUT2D eigenvalue weighted by Gasteiger charge is 2.47. The molecule has 1 aromatic heterocycles. The van der Waals surface area contributed by atoms with Crippen LogP contribution in [0.5, 0.6) is 0 Å². The van der Waals surface area contributed by atoms with Crippen LogP contribution in [-0.4, -0.2) is 6.15 Å². The molecule has 27 heteroatoms. The first-order chi connectivity index (χ1) is 32.7. The summed E-state index contributed by atoms with van der Waals surface area (Å²) in [4.78, 5) is 0. The van der Waals surface area contributed by atoms with Crippen LogP contribution in [0, 0.1) is 11.3 Å². The Labute approximate surface area is 388 Å². The van der Waals surface area contributed by atoms with Crippen LogP contribution in [0.1, 0.15) is 55.8 Å². The third-order valence-electron chi connectivity index (χ3n) is 10.7. The Morgan fingerprint density at radius 1 is 0.333 bits per heavy atom. The van der Waals surface area contributed by atoms with E-state index in [0.717, 1.165) is 6.54 Å². The van der Waals surface area contributed by atoms with Gasteiger partial charge in [-0.25, -0.2) is 0 Å². The van der Waals surface area contributed by atoms with E-state index >= 15 is 0 Å². The number of hydrogen-bond donors (Lipinski definition) is 0. The largest absolute Gasteiger partial charge is 0.416 e. The molecule has 2 nitrogen and oxygen atoms in total. The highest BCUT2D eigenvalue weighted by molar-refractivity contribution is 7.20. The Bertz CT molecular complexity index is 2510. The zero-order valence-corrected chi connectivity index (χ0v) is 34.9. The molecule has 0 aliphatic carbocycles. The Hall–Kier alpha value is -6.88. The number of halogens is 24. The number of nitrogens with zero attached hydrogens (tertiary/aromatic N) is 2. The van der Waals surface area contributed by atoms with Gasteiger partial charge in [-0.3, -0.25) is 0 Å². The molecule has 0 amide bonds. The summed E-state index contributed by atoms with van der Waals surface area (Å²) >= 11 is 0. The second-order valence-electron chi connectivity index (χ2n) is 15.5. The number of rotatable bonds is 6. The maximum atomic E-state index is 14.2. The minimum atomic E-state index is -6.13. The summed E-state index contributed by atoms with van der Waals surface area (Å²) < 4.78 is 343. The maximum Gasteiger partial charge on any atom is 0.416 e. The number of aromatic nitrogens is 1. The Morgan fingerprint density at radius 3 is 0.792 bits per heavy atom. The molecule has 0 unspecified atom stereocenters. The van der Waals surface area contributed by atoms with Gasteiger partial charge < -0.3 is 0 Å². The van der Waals surface area contributed by atoms with Crippen molar-refractivity contribution in [2.75, 3.05) is 0 Å². The molecule has 0 saturated carbocycles. The predicted octanol–water partition coefficient (Wildman–Crippen LogP) is 13.1. The van der Waals surface area contributed by atoms with E-state index in [1.807, 2.05) is 47.2 Å². The molecule has 0 saturated heterocycles. The molecule has 0 atom stereocenters. The highest BCUT2D eigenvalue weighted by Crippen LogP contribution is 2.41. The third kappa shape index (κ3) is 12.8. The van der Waals surface area contributed by atoms with E-state index in [0.29, 0.717) is 5.69 Å². The van der Waals surface area contributed by atoms with Crippen molar-refractivity contribution in [1.82, 2.24) is 0 Å². The third-order valence-corrected chi connectivity index (χ3v) is 10.7. The lowest BCUT2D eigenvalue weighted by Gasteiger charge is -2.46. The second kappa shape index (κ2) is 19.3. The molecular formula is C45H23BF24N2. The van der Waals surface area contributed by atoms with Crippen LogP contribution in [0.4, 0.5) is 105 Å². The molecule has 0 fully saturated rings. The summed E-state index contributed by atoms with van der Waals surface area (Å²) in [5.74, 6) is 0. The smallest absolute Gasteiger partial charge is 0.194 e. The summed E-state index contributed by atoms with van der Waals surface area (Å²) in [6.45, 7) is 0.741. The molecule has 1 heterocycles. The van der Waals surface area contributed by atoms with Crippen LogP contribution >= 0.6 is 0 Å². The van der Waals surface area contributed by atoms with Gasteiger partial charge in [0.05, 0.1) is 44.5 Å². The van der Waals surface area contributed by atoms with Crippen molar-refractivity contribution >= 4 is 28.0 Å². The summed E-state index contributed by atoms with van der Waals surface area (Å²) in [7, 11) is 0. The second-order valence-corrected chi connectivity index (χ2v) is 15.5. The predicted molar refractivity (Wildman–Crippen MR) is 207 cm³/mol. The van der Waals surface area contributed by atoms with Gasteiger partial charge >= 0.3 is 49.4 Å². The normalized spacial score (nSPS) is 13.3. The topological polar surface area (TPSA) is 27.7 Å². The fourth-order valence-electron chi connectivity index (χ4n) is 7.57. The van der Waals surface area contributed by atoms with Crippen LogP contribution in [0.2, 0.25) is 0 Å². The van der Waals surface area contributed by atoms with Crippen LogP contribution in [-0.2, 0) is 56.0 Å². The molecule has 0 aliphatic heterocycles. The molecule has 5 aromatic carbocycles. The van der Waals surface area contributed by atoms with Crippen molar-refractivity contribution in [2.24, 2.45) is 0 Å². The number of pyridine rings is 1. The van der Waals surface area contributed by atoms with E-state index in [1.165, 1.54) is 5.56 Å². The summed E-state index contributed by atoms with van der Waals surface area (Å²) in [6.07, 6.45) is -52.9. The molecule has 6 rings (SSSR count). The lowest BCUT2D eigenvalue weighted by atomic mass is 9.12. The zero-order valence-electron chi connectivity index (χ0n) is 34.9. The van der Waals surface area contributed by atoms with E-state index in [-0.39, 0.29) is 0 Å². The maximum absolute atomic E-state index is 14.2. The fourth-order valence-corrected chi connectivity index (χ4v) is 7.57. The molecule has 0 bridgehead atoms. The first-order valence-corrected chi connectivity index (χ1v) is 19.4. The van der Waals surface area contributed by atoms with Crippen LogP contribution in [0.3, 0.4) is 0 Å².